The topological polar surface area (TPSA) is 84.9 Å². The van der Waals surface area contributed by atoms with Gasteiger partial charge in [0.05, 0.1) is 13.5 Å². The summed E-state index contributed by atoms with van der Waals surface area (Å²) >= 11 is 0. The van der Waals surface area contributed by atoms with Gasteiger partial charge in [0, 0.05) is 13.0 Å². The van der Waals surface area contributed by atoms with Crippen LogP contribution < -0.4 is 10.1 Å². The lowest BCUT2D eigenvalue weighted by atomic mass is 10.1. The van der Waals surface area contributed by atoms with Gasteiger partial charge in [-0.1, -0.05) is 12.1 Å². The summed E-state index contributed by atoms with van der Waals surface area (Å²) in [5.41, 5.74) is 0.724. The van der Waals surface area contributed by atoms with E-state index in [1.54, 1.807) is 24.3 Å². The van der Waals surface area contributed by atoms with Gasteiger partial charge in [0.2, 0.25) is 0 Å². The molecule has 1 fully saturated rings. The SMILES string of the molecule is COC(=O)[C@@H]1CC(Oc2ccc(CC(=O)O)cc2)CN1. The van der Waals surface area contributed by atoms with Crippen LogP contribution in [0.2, 0.25) is 0 Å². The fourth-order valence-corrected chi connectivity index (χ4v) is 2.17. The number of aliphatic carboxylic acids is 1. The summed E-state index contributed by atoms with van der Waals surface area (Å²) in [5, 5.41) is 11.7. The molecule has 1 aromatic rings. The van der Waals surface area contributed by atoms with Crippen molar-refractivity contribution in [3.63, 3.8) is 0 Å². The fraction of sp³-hybridized carbons (Fsp3) is 0.429. The van der Waals surface area contributed by atoms with E-state index >= 15 is 0 Å². The number of esters is 1. The molecule has 0 aliphatic carbocycles. The van der Waals surface area contributed by atoms with Crippen LogP contribution in [-0.2, 0) is 20.7 Å². The highest BCUT2D eigenvalue weighted by atomic mass is 16.5. The standard InChI is InChI=1S/C14H17NO5/c1-19-14(18)12-7-11(8-15-12)20-10-4-2-9(3-5-10)6-13(16)17/h2-5,11-12,15H,6-8H2,1H3,(H,16,17)/t11?,12-/m0/s1. The van der Waals surface area contributed by atoms with Crippen molar-refractivity contribution in [1.29, 1.82) is 0 Å². The van der Waals surface area contributed by atoms with E-state index in [0.717, 1.165) is 5.56 Å². The molecular formula is C14H17NO5. The number of methoxy groups -OCH3 is 1. The molecule has 0 radical (unpaired) electrons. The van der Waals surface area contributed by atoms with E-state index in [-0.39, 0.29) is 24.5 Å². The van der Waals surface area contributed by atoms with Crippen molar-refractivity contribution >= 4 is 11.9 Å². The lowest BCUT2D eigenvalue weighted by molar-refractivity contribution is -0.142. The maximum Gasteiger partial charge on any atom is 0.323 e. The van der Waals surface area contributed by atoms with E-state index in [9.17, 15) is 9.59 Å². The first-order valence-corrected chi connectivity index (χ1v) is 6.37. The van der Waals surface area contributed by atoms with E-state index in [1.165, 1.54) is 7.11 Å². The number of nitrogens with one attached hydrogen (secondary N) is 1. The van der Waals surface area contributed by atoms with Gasteiger partial charge in [-0.05, 0) is 17.7 Å². The third-order valence-corrected chi connectivity index (χ3v) is 3.16. The third-order valence-electron chi connectivity index (χ3n) is 3.16. The first-order valence-electron chi connectivity index (χ1n) is 6.37. The first kappa shape index (κ1) is 14.3. The van der Waals surface area contributed by atoms with Gasteiger partial charge in [-0.15, -0.1) is 0 Å². The van der Waals surface area contributed by atoms with Crippen molar-refractivity contribution in [3.8, 4) is 5.75 Å². The Hall–Kier alpha value is -2.08. The van der Waals surface area contributed by atoms with E-state index in [2.05, 4.69) is 10.1 Å². The number of rotatable bonds is 5. The number of hydrogen-bond acceptors (Lipinski definition) is 5. The van der Waals surface area contributed by atoms with Gasteiger partial charge in [0.15, 0.2) is 0 Å². The molecule has 20 heavy (non-hydrogen) atoms. The number of carboxylic acid groups (broad SMARTS) is 1. The average molecular weight is 279 g/mol. The van der Waals surface area contributed by atoms with E-state index in [0.29, 0.717) is 18.7 Å². The molecule has 2 N–H and O–H groups in total. The van der Waals surface area contributed by atoms with Gasteiger partial charge < -0.3 is 19.9 Å². The van der Waals surface area contributed by atoms with Crippen molar-refractivity contribution in [3.05, 3.63) is 29.8 Å². The van der Waals surface area contributed by atoms with Crippen molar-refractivity contribution in [2.24, 2.45) is 0 Å². The number of benzene rings is 1. The van der Waals surface area contributed by atoms with E-state index in [4.69, 9.17) is 9.84 Å². The van der Waals surface area contributed by atoms with Gasteiger partial charge >= 0.3 is 11.9 Å². The predicted molar refractivity (Wildman–Crippen MR) is 70.6 cm³/mol. The summed E-state index contributed by atoms with van der Waals surface area (Å²) in [6.07, 6.45) is 0.462. The van der Waals surface area contributed by atoms with Crippen molar-refractivity contribution < 1.29 is 24.2 Å². The van der Waals surface area contributed by atoms with Crippen LogP contribution in [-0.4, -0.2) is 42.8 Å². The number of hydrogen-bond donors (Lipinski definition) is 2. The molecule has 0 bridgehead atoms. The molecule has 0 amide bonds. The Bertz CT molecular complexity index is 485. The maximum atomic E-state index is 11.4. The first-order chi connectivity index (χ1) is 9.58. The Morgan fingerprint density at radius 2 is 2.05 bits per heavy atom. The van der Waals surface area contributed by atoms with Crippen LogP contribution >= 0.6 is 0 Å². The Balaban J connectivity index is 1.88. The summed E-state index contributed by atoms with van der Waals surface area (Å²) in [5.74, 6) is -0.482. The third kappa shape index (κ3) is 3.71. The fourth-order valence-electron chi connectivity index (χ4n) is 2.17. The molecule has 6 nitrogen and oxygen atoms in total. The number of carbonyl (C=O) groups is 2. The Morgan fingerprint density at radius 1 is 1.35 bits per heavy atom. The molecular weight excluding hydrogens is 262 g/mol. The lowest BCUT2D eigenvalue weighted by Crippen LogP contribution is -2.31. The smallest absolute Gasteiger partial charge is 0.323 e. The van der Waals surface area contributed by atoms with Crippen molar-refractivity contribution in [1.82, 2.24) is 5.32 Å². The number of carboxylic acids is 1. The van der Waals surface area contributed by atoms with Crippen molar-refractivity contribution in [2.75, 3.05) is 13.7 Å². The Labute approximate surface area is 116 Å². The zero-order chi connectivity index (χ0) is 14.5. The van der Waals surface area contributed by atoms with Crippen LogP contribution in [0, 0.1) is 0 Å². The summed E-state index contributed by atoms with van der Waals surface area (Å²) in [7, 11) is 1.36. The maximum absolute atomic E-state index is 11.4. The second-order valence-electron chi connectivity index (χ2n) is 4.67. The van der Waals surface area contributed by atoms with Crippen LogP contribution in [0.4, 0.5) is 0 Å². The zero-order valence-corrected chi connectivity index (χ0v) is 11.2. The summed E-state index contributed by atoms with van der Waals surface area (Å²) in [6, 6.07) is 6.61. The molecule has 1 heterocycles. The molecule has 2 atom stereocenters. The highest BCUT2D eigenvalue weighted by molar-refractivity contribution is 5.76. The molecule has 108 valence electrons. The average Bonchev–Trinajstić information content (AvgIpc) is 2.88. The van der Waals surface area contributed by atoms with Crippen LogP contribution in [0.5, 0.6) is 5.75 Å². The molecule has 1 aliphatic rings. The number of carbonyl (C=O) groups excluding carboxylic acids is 1. The largest absolute Gasteiger partial charge is 0.489 e. The van der Waals surface area contributed by atoms with Gasteiger partial charge in [-0.2, -0.15) is 0 Å². The minimum Gasteiger partial charge on any atom is -0.489 e. The molecule has 0 saturated carbocycles. The van der Waals surface area contributed by atoms with Crippen LogP contribution in [0.1, 0.15) is 12.0 Å². The molecule has 6 heteroatoms. The van der Waals surface area contributed by atoms with Gasteiger partial charge in [0.1, 0.15) is 17.9 Å². The molecule has 0 aromatic heterocycles. The Morgan fingerprint density at radius 3 is 2.65 bits per heavy atom. The monoisotopic (exact) mass is 279 g/mol. The van der Waals surface area contributed by atoms with Gasteiger partial charge in [0.25, 0.3) is 0 Å². The van der Waals surface area contributed by atoms with Crippen LogP contribution in [0.3, 0.4) is 0 Å². The Kier molecular flexibility index (Phi) is 4.57. The zero-order valence-electron chi connectivity index (χ0n) is 11.2. The quantitative estimate of drug-likeness (QED) is 0.768. The van der Waals surface area contributed by atoms with E-state index < -0.39 is 5.97 Å². The molecule has 0 spiro atoms. The van der Waals surface area contributed by atoms with Crippen LogP contribution in [0.15, 0.2) is 24.3 Å². The highest BCUT2D eigenvalue weighted by Crippen LogP contribution is 2.18. The van der Waals surface area contributed by atoms with Gasteiger partial charge in [-0.25, -0.2) is 0 Å². The van der Waals surface area contributed by atoms with Crippen molar-refractivity contribution in [2.45, 2.75) is 25.0 Å². The molecule has 2 rings (SSSR count). The normalized spacial score (nSPS) is 21.4. The molecule has 1 saturated heterocycles. The van der Waals surface area contributed by atoms with Crippen LogP contribution in [0.25, 0.3) is 0 Å². The summed E-state index contributed by atoms with van der Waals surface area (Å²) in [4.78, 5) is 21.9. The lowest BCUT2D eigenvalue weighted by Gasteiger charge is -2.13. The molecule has 1 unspecified atom stereocenters. The molecule has 1 aliphatic heterocycles. The van der Waals surface area contributed by atoms with E-state index in [1.807, 2.05) is 0 Å². The summed E-state index contributed by atoms with van der Waals surface area (Å²) < 4.78 is 10.4. The minimum absolute atomic E-state index is 0.00429. The number of ether oxygens (including phenoxy) is 2. The van der Waals surface area contributed by atoms with Gasteiger partial charge in [-0.3, -0.25) is 9.59 Å². The molecule has 1 aromatic carbocycles. The second-order valence-corrected chi connectivity index (χ2v) is 4.67. The minimum atomic E-state index is -0.861. The predicted octanol–water partition coefficient (Wildman–Crippen LogP) is 0.596. The highest BCUT2D eigenvalue weighted by Gasteiger charge is 2.31. The summed E-state index contributed by atoms with van der Waals surface area (Å²) in [6.45, 7) is 0.580. The second kappa shape index (κ2) is 6.38.